The Balaban J connectivity index is 1.72. The Morgan fingerprint density at radius 2 is 1.93 bits per heavy atom. The fourth-order valence-corrected chi connectivity index (χ4v) is 4.40. The fourth-order valence-electron chi connectivity index (χ4n) is 4.22. The normalized spacial score (nSPS) is 22.2. The molecule has 1 atom stereocenters. The number of nitrogens with one attached hydrogen (secondary N) is 1. The molecule has 2 heterocycles. The first-order valence-corrected chi connectivity index (χ1v) is 10.2. The number of phenolic OH excluding ortho intramolecular Hbond substituents is 1. The highest BCUT2D eigenvalue weighted by Crippen LogP contribution is 2.38. The zero-order valence-electron chi connectivity index (χ0n) is 16.0. The van der Waals surface area contributed by atoms with Gasteiger partial charge in [0.2, 0.25) is 0 Å². The molecule has 2 aliphatic heterocycles. The standard InChI is InChI=1S/C22H25ClFN3O/c1-2-27-11-9-22(10-12-27)25-19(15-3-6-17(24)7-4-15)14-20(26-22)18-13-16(23)5-8-21(18)28/h3-8,13,20,26,28H,2,9-12,14H2,1H3/t20-/m1/s1. The average molecular weight is 402 g/mol. The molecule has 0 radical (unpaired) electrons. The molecule has 6 heteroatoms. The summed E-state index contributed by atoms with van der Waals surface area (Å²) >= 11 is 6.20. The summed E-state index contributed by atoms with van der Waals surface area (Å²) in [5, 5.41) is 14.7. The Bertz CT molecular complexity index is 876. The van der Waals surface area contributed by atoms with Crippen molar-refractivity contribution in [3.05, 3.63) is 64.4 Å². The maximum Gasteiger partial charge on any atom is 0.123 e. The molecule has 2 aromatic carbocycles. The third-order valence-corrected chi connectivity index (χ3v) is 6.10. The number of aliphatic imine (C=N–C) groups is 1. The second-order valence-electron chi connectivity index (χ2n) is 7.64. The van der Waals surface area contributed by atoms with Gasteiger partial charge in [-0.25, -0.2) is 4.39 Å². The quantitative estimate of drug-likeness (QED) is 0.794. The van der Waals surface area contributed by atoms with Crippen LogP contribution in [0.15, 0.2) is 47.5 Å². The van der Waals surface area contributed by atoms with Gasteiger partial charge in [0.05, 0.1) is 0 Å². The minimum Gasteiger partial charge on any atom is -0.508 e. The number of aromatic hydroxyl groups is 1. The molecule has 0 bridgehead atoms. The average Bonchev–Trinajstić information content (AvgIpc) is 2.70. The van der Waals surface area contributed by atoms with Crippen LogP contribution in [0.4, 0.5) is 4.39 Å². The van der Waals surface area contributed by atoms with Crippen LogP contribution in [-0.2, 0) is 0 Å². The van der Waals surface area contributed by atoms with Crippen molar-refractivity contribution in [2.24, 2.45) is 4.99 Å². The SMILES string of the molecule is CCN1CCC2(CC1)N=C(c1ccc(F)cc1)C[C@H](c1cc(Cl)ccc1O)N2. The van der Waals surface area contributed by atoms with Crippen LogP contribution in [0.3, 0.4) is 0 Å². The largest absolute Gasteiger partial charge is 0.508 e. The van der Waals surface area contributed by atoms with E-state index in [1.165, 1.54) is 12.1 Å². The lowest BCUT2D eigenvalue weighted by molar-refractivity contribution is 0.129. The molecular weight excluding hydrogens is 377 g/mol. The Hall–Kier alpha value is -1.95. The lowest BCUT2D eigenvalue weighted by Crippen LogP contribution is -2.56. The summed E-state index contributed by atoms with van der Waals surface area (Å²) in [6.45, 7) is 5.14. The number of phenols is 1. The fraction of sp³-hybridized carbons (Fsp3) is 0.409. The van der Waals surface area contributed by atoms with E-state index in [-0.39, 0.29) is 23.3 Å². The molecule has 0 unspecified atom stereocenters. The van der Waals surface area contributed by atoms with Crippen LogP contribution < -0.4 is 5.32 Å². The van der Waals surface area contributed by atoms with E-state index >= 15 is 0 Å². The molecule has 0 aliphatic carbocycles. The summed E-state index contributed by atoms with van der Waals surface area (Å²) in [5.41, 5.74) is 2.26. The van der Waals surface area contributed by atoms with Gasteiger partial charge in [-0.1, -0.05) is 30.7 Å². The molecule has 0 amide bonds. The molecule has 1 saturated heterocycles. The van der Waals surface area contributed by atoms with Crippen molar-refractivity contribution in [2.75, 3.05) is 19.6 Å². The van der Waals surface area contributed by atoms with Crippen molar-refractivity contribution in [1.29, 1.82) is 0 Å². The first kappa shape index (κ1) is 19.4. The van der Waals surface area contributed by atoms with E-state index in [4.69, 9.17) is 16.6 Å². The van der Waals surface area contributed by atoms with Crippen molar-refractivity contribution in [1.82, 2.24) is 10.2 Å². The summed E-state index contributed by atoms with van der Waals surface area (Å²) in [5.74, 6) is -0.0308. The molecule has 0 aromatic heterocycles. The molecule has 2 N–H and O–H groups in total. The summed E-state index contributed by atoms with van der Waals surface area (Å²) in [4.78, 5) is 7.53. The number of hydrogen-bond donors (Lipinski definition) is 2. The zero-order chi connectivity index (χ0) is 19.7. The van der Waals surface area contributed by atoms with Crippen LogP contribution in [0.1, 0.15) is 43.4 Å². The highest BCUT2D eigenvalue weighted by atomic mass is 35.5. The van der Waals surface area contributed by atoms with E-state index < -0.39 is 0 Å². The van der Waals surface area contributed by atoms with Gasteiger partial charge in [0, 0.05) is 41.8 Å². The Morgan fingerprint density at radius 3 is 2.61 bits per heavy atom. The Labute approximate surface area is 170 Å². The number of likely N-dealkylation sites (tertiary alicyclic amines) is 1. The number of benzene rings is 2. The second kappa shape index (κ2) is 7.82. The summed E-state index contributed by atoms with van der Waals surface area (Å²) in [6, 6.07) is 11.5. The third-order valence-electron chi connectivity index (χ3n) is 5.86. The maximum atomic E-state index is 13.4. The molecule has 2 aliphatic rings. The molecule has 0 saturated carbocycles. The zero-order valence-corrected chi connectivity index (χ0v) is 16.7. The molecule has 2 aromatic rings. The van der Waals surface area contributed by atoms with Crippen molar-refractivity contribution in [3.8, 4) is 5.75 Å². The highest BCUT2D eigenvalue weighted by Gasteiger charge is 2.40. The molecule has 1 fully saturated rings. The van der Waals surface area contributed by atoms with Crippen LogP contribution in [0, 0.1) is 5.82 Å². The van der Waals surface area contributed by atoms with E-state index in [1.807, 2.05) is 6.07 Å². The maximum absolute atomic E-state index is 13.4. The van der Waals surface area contributed by atoms with Crippen molar-refractivity contribution >= 4 is 17.3 Å². The summed E-state index contributed by atoms with van der Waals surface area (Å²) in [7, 11) is 0. The van der Waals surface area contributed by atoms with E-state index in [0.29, 0.717) is 11.4 Å². The predicted molar refractivity (Wildman–Crippen MR) is 111 cm³/mol. The summed E-state index contributed by atoms with van der Waals surface area (Å²) < 4.78 is 13.4. The third kappa shape index (κ3) is 3.93. The van der Waals surface area contributed by atoms with Crippen molar-refractivity contribution in [2.45, 2.75) is 37.9 Å². The number of hydrogen-bond acceptors (Lipinski definition) is 4. The van der Waals surface area contributed by atoms with Crippen LogP contribution in [0.25, 0.3) is 0 Å². The number of halogens is 2. The molecule has 4 nitrogen and oxygen atoms in total. The number of nitrogens with zero attached hydrogens (tertiary/aromatic N) is 2. The second-order valence-corrected chi connectivity index (χ2v) is 8.07. The Morgan fingerprint density at radius 1 is 1.21 bits per heavy atom. The van der Waals surface area contributed by atoms with Crippen LogP contribution in [0.2, 0.25) is 5.02 Å². The van der Waals surface area contributed by atoms with Gasteiger partial charge in [-0.15, -0.1) is 0 Å². The Kier molecular flexibility index (Phi) is 5.41. The number of piperidine rings is 1. The van der Waals surface area contributed by atoms with Crippen LogP contribution in [-0.4, -0.2) is 41.0 Å². The van der Waals surface area contributed by atoms with Gasteiger partial charge in [0.15, 0.2) is 0 Å². The molecule has 148 valence electrons. The molecule has 28 heavy (non-hydrogen) atoms. The molecule has 1 spiro atoms. The first-order chi connectivity index (χ1) is 13.5. The predicted octanol–water partition coefficient (Wildman–Crippen LogP) is 4.52. The van der Waals surface area contributed by atoms with E-state index in [0.717, 1.165) is 49.3 Å². The van der Waals surface area contributed by atoms with Crippen LogP contribution >= 0.6 is 11.6 Å². The van der Waals surface area contributed by atoms with Gasteiger partial charge in [-0.2, -0.15) is 0 Å². The first-order valence-electron chi connectivity index (χ1n) is 9.81. The topological polar surface area (TPSA) is 47.9 Å². The van der Waals surface area contributed by atoms with Crippen LogP contribution in [0.5, 0.6) is 5.75 Å². The lowest BCUT2D eigenvalue weighted by atomic mass is 9.87. The van der Waals surface area contributed by atoms with Gasteiger partial charge in [0.1, 0.15) is 17.2 Å². The molecular formula is C22H25ClFN3O. The smallest absolute Gasteiger partial charge is 0.123 e. The van der Waals surface area contributed by atoms with Crippen molar-refractivity contribution in [3.63, 3.8) is 0 Å². The molecule has 4 rings (SSSR count). The minimum atomic E-state index is -0.382. The van der Waals surface area contributed by atoms with Gasteiger partial charge in [-0.3, -0.25) is 10.3 Å². The number of rotatable bonds is 3. The lowest BCUT2D eigenvalue weighted by Gasteiger charge is -2.45. The van der Waals surface area contributed by atoms with Gasteiger partial charge in [-0.05, 0) is 55.3 Å². The van der Waals surface area contributed by atoms with Gasteiger partial charge >= 0.3 is 0 Å². The van der Waals surface area contributed by atoms with Crippen molar-refractivity contribution < 1.29 is 9.50 Å². The summed E-state index contributed by atoms with van der Waals surface area (Å²) in [6.07, 6.45) is 2.39. The highest BCUT2D eigenvalue weighted by molar-refractivity contribution is 6.30. The van der Waals surface area contributed by atoms with Gasteiger partial charge < -0.3 is 10.0 Å². The monoisotopic (exact) mass is 401 g/mol. The van der Waals surface area contributed by atoms with E-state index in [2.05, 4.69) is 17.1 Å². The van der Waals surface area contributed by atoms with Gasteiger partial charge in [0.25, 0.3) is 0 Å². The minimum absolute atomic E-state index is 0.107. The van der Waals surface area contributed by atoms with E-state index in [9.17, 15) is 9.50 Å². The van der Waals surface area contributed by atoms with E-state index in [1.54, 1.807) is 24.3 Å².